The van der Waals surface area contributed by atoms with E-state index in [1.54, 1.807) is 0 Å². The van der Waals surface area contributed by atoms with Crippen LogP contribution in [0, 0.1) is 0 Å². The molecule has 0 aliphatic carbocycles. The van der Waals surface area contributed by atoms with Crippen molar-refractivity contribution in [1.29, 1.82) is 0 Å². The van der Waals surface area contributed by atoms with Gasteiger partial charge in [0.05, 0.1) is 12.7 Å². The summed E-state index contributed by atoms with van der Waals surface area (Å²) in [6.07, 6.45) is -0.666. The Kier molecular flexibility index (Phi) is 7.18. The second kappa shape index (κ2) is 8.89. The topological polar surface area (TPSA) is 36.9 Å². The van der Waals surface area contributed by atoms with Crippen molar-refractivity contribution in [3.8, 4) is 0 Å². The van der Waals surface area contributed by atoms with Crippen molar-refractivity contribution < 1.29 is 18.9 Å². The summed E-state index contributed by atoms with van der Waals surface area (Å²) in [4.78, 5) is 0. The fourth-order valence-corrected chi connectivity index (χ4v) is 3.19. The first-order valence-electron chi connectivity index (χ1n) is 7.89. The van der Waals surface area contributed by atoms with Crippen molar-refractivity contribution >= 4 is 12.6 Å². The minimum atomic E-state index is -0.327. The Morgan fingerprint density at radius 1 is 0.955 bits per heavy atom. The summed E-state index contributed by atoms with van der Waals surface area (Å²) < 4.78 is 23.7. The molecule has 0 saturated carbocycles. The van der Waals surface area contributed by atoms with Crippen LogP contribution in [0.25, 0.3) is 0 Å². The minimum Gasteiger partial charge on any atom is -0.373 e. The summed E-state index contributed by atoms with van der Waals surface area (Å²) in [5, 5.41) is 0. The average molecular weight is 326 g/mol. The van der Waals surface area contributed by atoms with Crippen LogP contribution < -0.4 is 0 Å². The number of thiol groups is 1. The third-order valence-corrected chi connectivity index (χ3v) is 4.16. The van der Waals surface area contributed by atoms with Crippen LogP contribution in [0.4, 0.5) is 0 Å². The van der Waals surface area contributed by atoms with Gasteiger partial charge in [-0.05, 0) is 26.3 Å². The molecule has 1 heterocycles. The zero-order valence-electron chi connectivity index (χ0n) is 13.5. The third kappa shape index (κ3) is 4.46. The van der Waals surface area contributed by atoms with Crippen LogP contribution in [0.2, 0.25) is 0 Å². The van der Waals surface area contributed by atoms with Crippen molar-refractivity contribution in [2.45, 2.75) is 57.2 Å². The molecule has 2 rings (SSSR count). The van der Waals surface area contributed by atoms with Crippen molar-refractivity contribution in [1.82, 2.24) is 0 Å². The second-order valence-electron chi connectivity index (χ2n) is 5.33. The van der Waals surface area contributed by atoms with Crippen molar-refractivity contribution in [2.24, 2.45) is 0 Å². The first-order valence-corrected chi connectivity index (χ1v) is 8.41. The van der Waals surface area contributed by atoms with E-state index >= 15 is 0 Å². The maximum absolute atomic E-state index is 6.06. The number of rotatable bonds is 7. The molecule has 124 valence electrons. The van der Waals surface area contributed by atoms with Gasteiger partial charge < -0.3 is 18.9 Å². The van der Waals surface area contributed by atoms with Gasteiger partial charge in [-0.3, -0.25) is 0 Å². The van der Waals surface area contributed by atoms with E-state index in [4.69, 9.17) is 18.9 Å². The Balaban J connectivity index is 2.07. The Morgan fingerprint density at radius 3 is 2.23 bits per heavy atom. The molecule has 1 aliphatic heterocycles. The van der Waals surface area contributed by atoms with Gasteiger partial charge in [-0.2, -0.15) is 0 Å². The van der Waals surface area contributed by atoms with Gasteiger partial charge in [0.1, 0.15) is 23.7 Å². The standard InChI is InChI=1S/C17H26O4S/c1-4-18-14-12(3)21-17(22)16(15(14)19-5-2)20-11-13-9-7-6-8-10-13/h6-10,12,14-17,22H,4-5,11H2,1-3H3/t12-,14+,15+,16-,17+/m1/s1. The van der Waals surface area contributed by atoms with Crippen LogP contribution in [0.1, 0.15) is 26.3 Å². The lowest BCUT2D eigenvalue weighted by atomic mass is 10.00. The van der Waals surface area contributed by atoms with E-state index in [-0.39, 0.29) is 29.9 Å². The van der Waals surface area contributed by atoms with Gasteiger partial charge in [0.2, 0.25) is 0 Å². The molecular weight excluding hydrogens is 300 g/mol. The van der Waals surface area contributed by atoms with E-state index < -0.39 is 0 Å². The smallest absolute Gasteiger partial charge is 0.129 e. The van der Waals surface area contributed by atoms with E-state index in [1.807, 2.05) is 51.1 Å². The fraction of sp³-hybridized carbons (Fsp3) is 0.647. The summed E-state index contributed by atoms with van der Waals surface area (Å²) in [7, 11) is 0. The summed E-state index contributed by atoms with van der Waals surface area (Å²) in [6.45, 7) is 7.66. The summed E-state index contributed by atoms with van der Waals surface area (Å²) in [5.74, 6) is 0. The molecule has 5 heteroatoms. The van der Waals surface area contributed by atoms with Crippen LogP contribution in [0.15, 0.2) is 30.3 Å². The summed E-state index contributed by atoms with van der Waals surface area (Å²) in [6, 6.07) is 10.1. The highest BCUT2D eigenvalue weighted by molar-refractivity contribution is 7.80. The Bertz CT molecular complexity index is 428. The predicted molar refractivity (Wildman–Crippen MR) is 89.2 cm³/mol. The average Bonchev–Trinajstić information content (AvgIpc) is 2.52. The largest absolute Gasteiger partial charge is 0.373 e. The molecule has 5 atom stereocenters. The summed E-state index contributed by atoms with van der Waals surface area (Å²) in [5.41, 5.74) is 0.789. The third-order valence-electron chi connectivity index (χ3n) is 3.75. The van der Waals surface area contributed by atoms with E-state index in [9.17, 15) is 0 Å². The number of benzene rings is 1. The molecule has 22 heavy (non-hydrogen) atoms. The maximum Gasteiger partial charge on any atom is 0.129 e. The lowest BCUT2D eigenvalue weighted by Gasteiger charge is -2.43. The van der Waals surface area contributed by atoms with E-state index in [0.717, 1.165) is 5.56 Å². The predicted octanol–water partition coefficient (Wildman–Crippen LogP) is 3.06. The molecule has 1 aromatic rings. The molecule has 0 N–H and O–H groups in total. The normalized spacial score (nSPS) is 32.1. The van der Waals surface area contributed by atoms with Crippen molar-refractivity contribution in [3.05, 3.63) is 35.9 Å². The van der Waals surface area contributed by atoms with E-state index in [2.05, 4.69) is 12.6 Å². The number of hydrogen-bond donors (Lipinski definition) is 1. The molecule has 4 nitrogen and oxygen atoms in total. The molecule has 0 spiro atoms. The quantitative estimate of drug-likeness (QED) is 0.782. The van der Waals surface area contributed by atoms with Gasteiger partial charge in [-0.25, -0.2) is 0 Å². The zero-order chi connectivity index (χ0) is 15.9. The molecule has 1 aromatic carbocycles. The molecule has 0 bridgehead atoms. The van der Waals surface area contributed by atoms with Gasteiger partial charge >= 0.3 is 0 Å². The monoisotopic (exact) mass is 326 g/mol. The Labute approximate surface area is 138 Å². The van der Waals surface area contributed by atoms with Crippen LogP contribution >= 0.6 is 12.6 Å². The Morgan fingerprint density at radius 2 is 1.59 bits per heavy atom. The van der Waals surface area contributed by atoms with Gasteiger partial charge in [0, 0.05) is 13.2 Å². The molecule has 0 radical (unpaired) electrons. The first kappa shape index (κ1) is 17.8. The van der Waals surface area contributed by atoms with Gasteiger partial charge in [-0.1, -0.05) is 30.3 Å². The molecule has 1 saturated heterocycles. The molecular formula is C17H26O4S. The molecule has 1 aliphatic rings. The highest BCUT2D eigenvalue weighted by Crippen LogP contribution is 2.30. The highest BCUT2D eigenvalue weighted by Gasteiger charge is 2.45. The molecule has 0 unspecified atom stereocenters. The van der Waals surface area contributed by atoms with Crippen LogP contribution in [0.5, 0.6) is 0 Å². The van der Waals surface area contributed by atoms with Crippen LogP contribution in [0.3, 0.4) is 0 Å². The lowest BCUT2D eigenvalue weighted by molar-refractivity contribution is -0.235. The molecule has 0 amide bonds. The molecule has 0 aromatic heterocycles. The summed E-state index contributed by atoms with van der Waals surface area (Å²) >= 11 is 4.54. The first-order chi connectivity index (χ1) is 10.7. The van der Waals surface area contributed by atoms with Crippen LogP contribution in [-0.4, -0.2) is 43.1 Å². The van der Waals surface area contributed by atoms with Gasteiger partial charge in [-0.15, -0.1) is 12.6 Å². The van der Waals surface area contributed by atoms with E-state index in [0.29, 0.717) is 19.8 Å². The van der Waals surface area contributed by atoms with Crippen molar-refractivity contribution in [3.63, 3.8) is 0 Å². The Hall–Kier alpha value is -0.590. The number of hydrogen-bond acceptors (Lipinski definition) is 5. The maximum atomic E-state index is 6.06. The fourth-order valence-electron chi connectivity index (χ4n) is 2.74. The number of ether oxygens (including phenoxy) is 4. The van der Waals surface area contributed by atoms with Crippen LogP contribution in [-0.2, 0) is 25.6 Å². The van der Waals surface area contributed by atoms with Gasteiger partial charge in [0.25, 0.3) is 0 Å². The second-order valence-corrected chi connectivity index (χ2v) is 5.84. The van der Waals surface area contributed by atoms with Crippen molar-refractivity contribution in [2.75, 3.05) is 13.2 Å². The minimum absolute atomic E-state index is 0.0735. The van der Waals surface area contributed by atoms with Gasteiger partial charge in [0.15, 0.2) is 0 Å². The highest BCUT2D eigenvalue weighted by atomic mass is 32.1. The zero-order valence-corrected chi connectivity index (χ0v) is 14.4. The SMILES string of the molecule is CCO[C@@H]1[C@@H](OCc2ccccc2)[C@H](S)O[C@H](C)[C@@H]1OCC. The van der Waals surface area contributed by atoms with E-state index in [1.165, 1.54) is 0 Å². The lowest BCUT2D eigenvalue weighted by Crippen LogP contribution is -2.58. The molecule has 1 fully saturated rings.